The SMILES string of the molecule is CC(=O)Nc1ccc(C)c(CCN2CC=C(c3c[nH]c4c(Cl)cccc34)CC2)c1. The molecule has 0 bridgehead atoms. The van der Waals surface area contributed by atoms with E-state index < -0.39 is 0 Å². The summed E-state index contributed by atoms with van der Waals surface area (Å²) in [6, 6.07) is 12.2. The molecule has 0 saturated carbocycles. The molecule has 1 aliphatic heterocycles. The summed E-state index contributed by atoms with van der Waals surface area (Å²) in [4.78, 5) is 17.1. The van der Waals surface area contributed by atoms with Crippen molar-refractivity contribution in [3.8, 4) is 0 Å². The van der Waals surface area contributed by atoms with E-state index in [9.17, 15) is 4.79 Å². The van der Waals surface area contributed by atoms with E-state index in [4.69, 9.17) is 11.6 Å². The van der Waals surface area contributed by atoms with Crippen LogP contribution < -0.4 is 5.32 Å². The van der Waals surface area contributed by atoms with Gasteiger partial charge in [0.1, 0.15) is 0 Å². The van der Waals surface area contributed by atoms with Crippen LogP contribution in [0.2, 0.25) is 5.02 Å². The van der Waals surface area contributed by atoms with Crippen LogP contribution in [0.4, 0.5) is 5.69 Å². The van der Waals surface area contributed by atoms with Gasteiger partial charge in [0.2, 0.25) is 5.91 Å². The number of halogens is 1. The van der Waals surface area contributed by atoms with Gasteiger partial charge in [-0.15, -0.1) is 0 Å². The van der Waals surface area contributed by atoms with E-state index in [1.807, 2.05) is 18.2 Å². The molecule has 0 saturated heterocycles. The Bertz CT molecular complexity index is 1080. The van der Waals surface area contributed by atoms with Crippen LogP contribution in [-0.2, 0) is 11.2 Å². The van der Waals surface area contributed by atoms with Gasteiger partial charge in [0.15, 0.2) is 0 Å². The molecule has 3 aromatic rings. The summed E-state index contributed by atoms with van der Waals surface area (Å²) in [5.74, 6) is -0.0351. The number of nitrogens with one attached hydrogen (secondary N) is 2. The number of H-pyrrole nitrogens is 1. The number of para-hydroxylation sites is 1. The number of aromatic nitrogens is 1. The number of carbonyl (C=O) groups is 1. The third-order valence-corrected chi connectivity index (χ3v) is 5.99. The number of nitrogens with zero attached hydrogens (tertiary/aromatic N) is 1. The fraction of sp³-hybridized carbons (Fsp3) is 0.292. The highest BCUT2D eigenvalue weighted by molar-refractivity contribution is 6.35. The highest BCUT2D eigenvalue weighted by Gasteiger charge is 2.16. The van der Waals surface area contributed by atoms with Crippen molar-refractivity contribution < 1.29 is 4.79 Å². The summed E-state index contributed by atoms with van der Waals surface area (Å²) < 4.78 is 0. The normalized spacial score (nSPS) is 14.8. The van der Waals surface area contributed by atoms with E-state index in [2.05, 4.69) is 52.6 Å². The number of amides is 1. The molecule has 4 nitrogen and oxygen atoms in total. The minimum absolute atomic E-state index is 0.0351. The van der Waals surface area contributed by atoms with Crippen LogP contribution in [0.5, 0.6) is 0 Å². The zero-order valence-electron chi connectivity index (χ0n) is 16.9. The van der Waals surface area contributed by atoms with Gasteiger partial charge in [-0.1, -0.05) is 35.9 Å². The fourth-order valence-electron chi connectivity index (χ4n) is 4.04. The van der Waals surface area contributed by atoms with Crippen molar-refractivity contribution in [3.63, 3.8) is 0 Å². The van der Waals surface area contributed by atoms with Gasteiger partial charge in [0.05, 0.1) is 10.5 Å². The maximum atomic E-state index is 11.3. The Labute approximate surface area is 176 Å². The van der Waals surface area contributed by atoms with Crippen LogP contribution in [-0.4, -0.2) is 35.4 Å². The number of rotatable bonds is 5. The first-order valence-electron chi connectivity index (χ1n) is 10.1. The van der Waals surface area contributed by atoms with Gasteiger partial charge < -0.3 is 10.3 Å². The highest BCUT2D eigenvalue weighted by Crippen LogP contribution is 2.32. The van der Waals surface area contributed by atoms with Crippen molar-refractivity contribution in [2.45, 2.75) is 26.7 Å². The van der Waals surface area contributed by atoms with Crippen molar-refractivity contribution in [1.82, 2.24) is 9.88 Å². The summed E-state index contributed by atoms with van der Waals surface area (Å²) in [5.41, 5.74) is 7.10. The maximum absolute atomic E-state index is 11.3. The summed E-state index contributed by atoms with van der Waals surface area (Å²) in [5, 5.41) is 4.84. The van der Waals surface area contributed by atoms with E-state index in [1.165, 1.54) is 27.6 Å². The fourth-order valence-corrected chi connectivity index (χ4v) is 4.27. The molecule has 29 heavy (non-hydrogen) atoms. The molecule has 5 heteroatoms. The minimum Gasteiger partial charge on any atom is -0.359 e. The molecule has 0 atom stereocenters. The van der Waals surface area contributed by atoms with Crippen molar-refractivity contribution >= 4 is 39.7 Å². The molecule has 0 spiro atoms. The maximum Gasteiger partial charge on any atom is 0.221 e. The highest BCUT2D eigenvalue weighted by atomic mass is 35.5. The Morgan fingerprint density at radius 2 is 2.14 bits per heavy atom. The van der Waals surface area contributed by atoms with E-state index in [1.54, 1.807) is 6.92 Å². The molecular weight excluding hydrogens is 382 g/mol. The molecule has 0 unspecified atom stereocenters. The molecule has 2 N–H and O–H groups in total. The summed E-state index contributed by atoms with van der Waals surface area (Å²) in [7, 11) is 0. The van der Waals surface area contributed by atoms with Gasteiger partial charge in [-0.05, 0) is 54.7 Å². The lowest BCUT2D eigenvalue weighted by molar-refractivity contribution is -0.114. The van der Waals surface area contributed by atoms with Crippen LogP contribution in [0.25, 0.3) is 16.5 Å². The number of fused-ring (bicyclic) bond motifs is 1. The zero-order valence-corrected chi connectivity index (χ0v) is 17.6. The molecule has 0 fully saturated rings. The van der Waals surface area contributed by atoms with E-state index in [-0.39, 0.29) is 5.91 Å². The second kappa shape index (κ2) is 8.44. The summed E-state index contributed by atoms with van der Waals surface area (Å²) in [6.45, 7) is 6.67. The molecule has 2 heterocycles. The molecule has 2 aromatic carbocycles. The number of carbonyl (C=O) groups excluding carboxylic acids is 1. The summed E-state index contributed by atoms with van der Waals surface area (Å²) in [6.07, 6.45) is 6.43. The zero-order chi connectivity index (χ0) is 20.4. The van der Waals surface area contributed by atoms with Crippen molar-refractivity contribution in [2.24, 2.45) is 0 Å². The molecule has 1 aromatic heterocycles. The van der Waals surface area contributed by atoms with E-state index >= 15 is 0 Å². The Morgan fingerprint density at radius 1 is 1.28 bits per heavy atom. The Balaban J connectivity index is 1.41. The molecular formula is C24H26ClN3O. The Morgan fingerprint density at radius 3 is 2.90 bits per heavy atom. The van der Waals surface area contributed by atoms with Crippen molar-refractivity contribution in [1.29, 1.82) is 0 Å². The first-order valence-corrected chi connectivity index (χ1v) is 10.4. The van der Waals surface area contributed by atoms with Gasteiger partial charge in [-0.3, -0.25) is 9.69 Å². The predicted octanol–water partition coefficient (Wildman–Crippen LogP) is 5.42. The number of benzene rings is 2. The Kier molecular flexibility index (Phi) is 5.74. The smallest absolute Gasteiger partial charge is 0.221 e. The van der Waals surface area contributed by atoms with Crippen LogP contribution in [0.1, 0.15) is 30.0 Å². The first-order chi connectivity index (χ1) is 14.0. The van der Waals surface area contributed by atoms with Gasteiger partial charge in [-0.2, -0.15) is 0 Å². The van der Waals surface area contributed by atoms with Crippen molar-refractivity contribution in [3.05, 3.63) is 70.4 Å². The second-order valence-corrected chi connectivity index (χ2v) is 8.12. The van der Waals surface area contributed by atoms with Gasteiger partial charge >= 0.3 is 0 Å². The topological polar surface area (TPSA) is 48.1 Å². The molecule has 1 amide bonds. The first kappa shape index (κ1) is 19.7. The van der Waals surface area contributed by atoms with E-state index in [0.717, 1.165) is 48.7 Å². The standard InChI is InChI=1S/C24H26ClN3O/c1-16-6-7-20(27-17(2)29)14-19(16)10-13-28-11-8-18(9-12-28)22-15-26-24-21(22)4-3-5-23(24)25/h3-8,14-15,26H,9-13H2,1-2H3,(H,27,29). The van der Waals surface area contributed by atoms with Crippen LogP contribution in [0.15, 0.2) is 48.7 Å². The summed E-state index contributed by atoms with van der Waals surface area (Å²) >= 11 is 6.30. The number of anilines is 1. The third-order valence-electron chi connectivity index (χ3n) is 5.67. The number of hydrogen-bond donors (Lipinski definition) is 2. The van der Waals surface area contributed by atoms with Gasteiger partial charge in [0.25, 0.3) is 0 Å². The molecule has 1 aliphatic rings. The quantitative estimate of drug-likeness (QED) is 0.593. The van der Waals surface area contributed by atoms with Crippen molar-refractivity contribution in [2.75, 3.05) is 25.0 Å². The van der Waals surface area contributed by atoms with Crippen LogP contribution >= 0.6 is 11.6 Å². The lowest BCUT2D eigenvalue weighted by Gasteiger charge is -2.26. The predicted molar refractivity (Wildman–Crippen MR) is 122 cm³/mol. The number of aryl methyl sites for hydroxylation is 1. The minimum atomic E-state index is -0.0351. The second-order valence-electron chi connectivity index (χ2n) is 7.72. The molecule has 150 valence electrons. The third kappa shape index (κ3) is 4.39. The number of aromatic amines is 1. The molecule has 4 rings (SSSR count). The van der Waals surface area contributed by atoms with Crippen LogP contribution in [0.3, 0.4) is 0 Å². The van der Waals surface area contributed by atoms with Crippen LogP contribution in [0, 0.1) is 6.92 Å². The van der Waals surface area contributed by atoms with Gasteiger partial charge in [0, 0.05) is 49.4 Å². The lowest BCUT2D eigenvalue weighted by Crippen LogP contribution is -2.30. The molecule has 0 radical (unpaired) electrons. The lowest BCUT2D eigenvalue weighted by atomic mass is 9.98. The number of hydrogen-bond acceptors (Lipinski definition) is 2. The monoisotopic (exact) mass is 407 g/mol. The average Bonchev–Trinajstić information content (AvgIpc) is 3.14. The van der Waals surface area contributed by atoms with Gasteiger partial charge in [-0.25, -0.2) is 0 Å². The molecule has 0 aliphatic carbocycles. The van der Waals surface area contributed by atoms with E-state index in [0.29, 0.717) is 0 Å². The largest absolute Gasteiger partial charge is 0.359 e. The Hall–Kier alpha value is -2.56. The average molecular weight is 408 g/mol.